The van der Waals surface area contributed by atoms with E-state index in [1.807, 2.05) is 0 Å². The maximum Gasteiger partial charge on any atom is 0.573 e. The molecule has 0 saturated heterocycles. The Balaban J connectivity index is 3.58. The van der Waals surface area contributed by atoms with E-state index in [9.17, 15) is 31.1 Å². The maximum atomic E-state index is 13.0. The van der Waals surface area contributed by atoms with Crippen LogP contribution in [0.4, 0.5) is 26.3 Å². The number of carbonyl (C=O) groups excluding carboxylic acids is 1. The lowest BCUT2D eigenvalue weighted by Crippen LogP contribution is -2.23. The third-order valence-corrected chi connectivity index (χ3v) is 2.44. The quantitative estimate of drug-likeness (QED) is 0.481. The van der Waals surface area contributed by atoms with E-state index in [1.165, 1.54) is 0 Å². The average Bonchev–Trinajstić information content (AvgIpc) is 2.34. The normalized spacial score (nSPS) is 12.2. The van der Waals surface area contributed by atoms with Crippen LogP contribution in [-0.4, -0.2) is 24.4 Å². The van der Waals surface area contributed by atoms with E-state index >= 15 is 0 Å². The van der Waals surface area contributed by atoms with Gasteiger partial charge in [-0.05, 0) is 0 Å². The van der Waals surface area contributed by atoms with Crippen molar-refractivity contribution < 1.29 is 40.6 Å². The van der Waals surface area contributed by atoms with Crippen LogP contribution in [0.3, 0.4) is 0 Å². The fourth-order valence-corrected chi connectivity index (χ4v) is 1.70. The van der Waals surface area contributed by atoms with E-state index in [4.69, 9.17) is 11.6 Å². The van der Waals surface area contributed by atoms with E-state index < -0.39 is 47.0 Å². The first-order valence-electron chi connectivity index (χ1n) is 5.00. The molecule has 0 radical (unpaired) electrons. The van der Waals surface area contributed by atoms with Gasteiger partial charge in [0.15, 0.2) is 11.4 Å². The largest absolute Gasteiger partial charge is 0.573 e. The van der Waals surface area contributed by atoms with E-state index in [2.05, 4.69) is 14.5 Å². The number of rotatable bonds is 3. The topological polar surface area (TPSA) is 48.4 Å². The minimum atomic E-state index is -5.24. The minimum Gasteiger partial charge on any atom is -0.464 e. The van der Waals surface area contributed by atoms with Crippen molar-refractivity contribution in [2.45, 2.75) is 18.4 Å². The Hall–Kier alpha value is -1.71. The zero-order valence-electron chi connectivity index (χ0n) is 10.1. The molecule has 0 aromatic carbocycles. The highest BCUT2D eigenvalue weighted by atomic mass is 35.5. The molecule has 0 saturated carbocycles. The average molecular weight is 338 g/mol. The molecule has 0 amide bonds. The number of hydrogen-bond acceptors (Lipinski definition) is 4. The molecule has 11 heteroatoms. The van der Waals surface area contributed by atoms with Gasteiger partial charge in [-0.25, -0.2) is 9.78 Å². The SMILES string of the molecule is COC(=O)c1ncc(OC(F)(F)F)c(CCl)c1C(F)(F)F. The van der Waals surface area contributed by atoms with Crippen LogP contribution in [0.15, 0.2) is 6.20 Å². The summed E-state index contributed by atoms with van der Waals surface area (Å²) in [7, 11) is 0.796. The van der Waals surface area contributed by atoms with E-state index in [-0.39, 0.29) is 0 Å². The van der Waals surface area contributed by atoms with Gasteiger partial charge in [-0.2, -0.15) is 13.2 Å². The second kappa shape index (κ2) is 5.96. The van der Waals surface area contributed by atoms with Gasteiger partial charge in [0, 0.05) is 5.56 Å². The van der Waals surface area contributed by atoms with Crippen molar-refractivity contribution in [2.24, 2.45) is 0 Å². The monoisotopic (exact) mass is 337 g/mol. The predicted molar refractivity (Wildman–Crippen MR) is 56.8 cm³/mol. The summed E-state index contributed by atoms with van der Waals surface area (Å²) in [6, 6.07) is 0. The highest BCUT2D eigenvalue weighted by Crippen LogP contribution is 2.40. The Bertz CT molecular complexity index is 543. The summed E-state index contributed by atoms with van der Waals surface area (Å²) in [4.78, 5) is 14.3. The molecule has 0 aliphatic rings. The summed E-state index contributed by atoms with van der Waals surface area (Å²) in [6.45, 7) is 0. The van der Waals surface area contributed by atoms with Crippen LogP contribution in [0.1, 0.15) is 21.6 Å². The van der Waals surface area contributed by atoms with Crippen molar-refractivity contribution in [3.63, 3.8) is 0 Å². The summed E-state index contributed by atoms with van der Waals surface area (Å²) in [6.07, 6.45) is -10.1. The minimum absolute atomic E-state index is 0.326. The molecule has 21 heavy (non-hydrogen) atoms. The number of esters is 1. The van der Waals surface area contributed by atoms with Gasteiger partial charge in [0.05, 0.1) is 24.8 Å². The number of halogens is 7. The van der Waals surface area contributed by atoms with Crippen molar-refractivity contribution in [3.8, 4) is 5.75 Å². The molecule has 0 bridgehead atoms. The van der Waals surface area contributed by atoms with Crippen LogP contribution in [0.25, 0.3) is 0 Å². The third-order valence-electron chi connectivity index (χ3n) is 2.17. The molecule has 4 nitrogen and oxygen atoms in total. The Kier molecular flexibility index (Phi) is 4.92. The lowest BCUT2D eigenvalue weighted by molar-refractivity contribution is -0.275. The Morgan fingerprint density at radius 2 is 1.86 bits per heavy atom. The third kappa shape index (κ3) is 4.13. The van der Waals surface area contributed by atoms with Crippen molar-refractivity contribution in [1.29, 1.82) is 0 Å². The summed E-state index contributed by atoms with van der Waals surface area (Å²) in [5.41, 5.74) is -3.99. The number of nitrogens with zero attached hydrogens (tertiary/aromatic N) is 1. The molecule has 0 aliphatic carbocycles. The molecule has 0 spiro atoms. The smallest absolute Gasteiger partial charge is 0.464 e. The van der Waals surface area contributed by atoms with Crippen LogP contribution in [0, 0.1) is 0 Å². The van der Waals surface area contributed by atoms with Crippen LogP contribution in [0.2, 0.25) is 0 Å². The molecule has 1 aromatic rings. The Labute approximate surface area is 118 Å². The molecular weight excluding hydrogens is 332 g/mol. The van der Waals surface area contributed by atoms with Crippen molar-refractivity contribution in [2.75, 3.05) is 7.11 Å². The number of pyridine rings is 1. The van der Waals surface area contributed by atoms with Crippen LogP contribution in [-0.2, 0) is 16.8 Å². The summed E-state index contributed by atoms with van der Waals surface area (Å²) in [5, 5.41) is 0. The molecule has 118 valence electrons. The second-order valence-corrected chi connectivity index (χ2v) is 3.76. The first-order valence-corrected chi connectivity index (χ1v) is 5.53. The van der Waals surface area contributed by atoms with E-state index in [0.717, 1.165) is 7.11 Å². The van der Waals surface area contributed by atoms with Gasteiger partial charge in [-0.1, -0.05) is 0 Å². The van der Waals surface area contributed by atoms with Crippen LogP contribution >= 0.6 is 11.6 Å². The number of ether oxygens (including phenoxy) is 2. The zero-order valence-corrected chi connectivity index (χ0v) is 10.9. The number of aromatic nitrogens is 1. The standard InChI is InChI=1S/C10H6ClF6NO3/c1-20-8(19)7-6(9(12,13)14)4(2-11)5(3-18-7)21-10(15,16)17/h3H,2H2,1H3. The van der Waals surface area contributed by atoms with Crippen LogP contribution in [0.5, 0.6) is 5.75 Å². The van der Waals surface area contributed by atoms with E-state index in [0.29, 0.717) is 6.20 Å². The van der Waals surface area contributed by atoms with Crippen molar-refractivity contribution in [1.82, 2.24) is 4.98 Å². The molecule has 0 unspecified atom stereocenters. The number of hydrogen-bond donors (Lipinski definition) is 0. The Morgan fingerprint density at radius 3 is 2.24 bits per heavy atom. The van der Waals surface area contributed by atoms with Gasteiger partial charge in [0.2, 0.25) is 0 Å². The molecule has 1 rings (SSSR count). The molecule has 1 heterocycles. The first-order chi connectivity index (χ1) is 9.51. The molecule has 0 N–H and O–H groups in total. The summed E-state index contributed by atoms with van der Waals surface area (Å²) >= 11 is 5.26. The lowest BCUT2D eigenvalue weighted by Gasteiger charge is -2.18. The van der Waals surface area contributed by atoms with Gasteiger partial charge >= 0.3 is 18.5 Å². The predicted octanol–water partition coefficient (Wildman–Crippen LogP) is 3.52. The number of methoxy groups -OCH3 is 1. The molecule has 0 fully saturated rings. The van der Waals surface area contributed by atoms with E-state index in [1.54, 1.807) is 0 Å². The second-order valence-electron chi connectivity index (χ2n) is 3.50. The highest BCUT2D eigenvalue weighted by molar-refractivity contribution is 6.17. The molecule has 0 aliphatic heterocycles. The van der Waals surface area contributed by atoms with Gasteiger partial charge < -0.3 is 9.47 Å². The molecule has 1 aromatic heterocycles. The molecule has 0 atom stereocenters. The van der Waals surface area contributed by atoms with Gasteiger partial charge in [-0.15, -0.1) is 24.8 Å². The molecular formula is C10H6ClF6NO3. The Morgan fingerprint density at radius 1 is 1.29 bits per heavy atom. The number of alkyl halides is 7. The first kappa shape index (κ1) is 17.3. The maximum absolute atomic E-state index is 13.0. The van der Waals surface area contributed by atoms with Crippen molar-refractivity contribution in [3.05, 3.63) is 23.0 Å². The fraction of sp³-hybridized carbons (Fsp3) is 0.400. The van der Waals surface area contributed by atoms with Gasteiger partial charge in [-0.3, -0.25) is 0 Å². The van der Waals surface area contributed by atoms with Crippen LogP contribution < -0.4 is 4.74 Å². The number of carbonyl (C=O) groups is 1. The lowest BCUT2D eigenvalue weighted by atomic mass is 10.1. The highest BCUT2D eigenvalue weighted by Gasteiger charge is 2.42. The fourth-order valence-electron chi connectivity index (χ4n) is 1.43. The van der Waals surface area contributed by atoms with Gasteiger partial charge in [0.1, 0.15) is 0 Å². The summed E-state index contributed by atoms with van der Waals surface area (Å²) < 4.78 is 82.9. The zero-order chi connectivity index (χ0) is 16.4. The van der Waals surface area contributed by atoms with Crippen molar-refractivity contribution >= 4 is 17.6 Å². The van der Waals surface area contributed by atoms with Gasteiger partial charge in [0.25, 0.3) is 0 Å². The summed E-state index contributed by atoms with van der Waals surface area (Å²) in [5.74, 6) is -3.68.